The van der Waals surface area contributed by atoms with E-state index in [2.05, 4.69) is 20.9 Å². The molecule has 0 aliphatic heterocycles. The SMILES string of the molecule is CN=C(NCCNc1ccccc1[N+](=O)[O-])NCC(O)c1cc2ccccc2s1. The van der Waals surface area contributed by atoms with Gasteiger partial charge in [0.1, 0.15) is 11.8 Å². The van der Waals surface area contributed by atoms with Gasteiger partial charge < -0.3 is 21.1 Å². The van der Waals surface area contributed by atoms with Crippen LogP contribution in [0.4, 0.5) is 11.4 Å². The summed E-state index contributed by atoms with van der Waals surface area (Å²) in [4.78, 5) is 15.7. The first kappa shape index (κ1) is 20.6. The molecule has 0 aliphatic carbocycles. The highest BCUT2D eigenvalue weighted by Gasteiger charge is 2.13. The lowest BCUT2D eigenvalue weighted by Gasteiger charge is -2.15. The van der Waals surface area contributed by atoms with Gasteiger partial charge in [0.25, 0.3) is 5.69 Å². The second-order valence-corrected chi connectivity index (χ2v) is 7.40. The van der Waals surface area contributed by atoms with Crippen LogP contribution in [0.15, 0.2) is 59.6 Å². The number of aliphatic hydroxyl groups excluding tert-OH is 1. The molecule has 0 saturated carbocycles. The highest BCUT2D eigenvalue weighted by atomic mass is 32.1. The minimum absolute atomic E-state index is 0.0430. The first-order valence-electron chi connectivity index (χ1n) is 9.17. The number of para-hydroxylation sites is 2. The summed E-state index contributed by atoms with van der Waals surface area (Å²) < 4.78 is 1.14. The molecule has 0 bridgehead atoms. The summed E-state index contributed by atoms with van der Waals surface area (Å²) in [5, 5.41) is 31.9. The molecule has 3 rings (SSSR count). The molecule has 152 valence electrons. The van der Waals surface area contributed by atoms with Gasteiger partial charge in [-0.25, -0.2) is 0 Å². The van der Waals surface area contributed by atoms with Gasteiger partial charge in [-0.2, -0.15) is 0 Å². The fourth-order valence-corrected chi connectivity index (χ4v) is 3.89. The molecule has 8 nitrogen and oxygen atoms in total. The van der Waals surface area contributed by atoms with Gasteiger partial charge in [0.05, 0.1) is 4.92 Å². The van der Waals surface area contributed by atoms with Gasteiger partial charge in [-0.05, 0) is 23.6 Å². The fraction of sp³-hybridized carbons (Fsp3) is 0.250. The zero-order valence-electron chi connectivity index (χ0n) is 16.0. The van der Waals surface area contributed by atoms with E-state index in [0.717, 1.165) is 15.0 Å². The number of aliphatic imine (C=N–C) groups is 1. The topological polar surface area (TPSA) is 112 Å². The molecule has 1 aromatic heterocycles. The summed E-state index contributed by atoms with van der Waals surface area (Å²) in [5.74, 6) is 0.550. The van der Waals surface area contributed by atoms with Crippen LogP contribution in [0.25, 0.3) is 10.1 Å². The van der Waals surface area contributed by atoms with Crippen molar-refractivity contribution in [2.45, 2.75) is 6.10 Å². The van der Waals surface area contributed by atoms with Crippen LogP contribution < -0.4 is 16.0 Å². The van der Waals surface area contributed by atoms with Crippen LogP contribution in [0, 0.1) is 10.1 Å². The summed E-state index contributed by atoms with van der Waals surface area (Å²) in [6.45, 7) is 1.30. The lowest BCUT2D eigenvalue weighted by molar-refractivity contribution is -0.384. The van der Waals surface area contributed by atoms with Crippen LogP contribution in [-0.4, -0.2) is 42.7 Å². The van der Waals surface area contributed by atoms with E-state index in [1.165, 1.54) is 6.07 Å². The Morgan fingerprint density at radius 2 is 1.93 bits per heavy atom. The van der Waals surface area contributed by atoms with E-state index in [4.69, 9.17) is 0 Å². The number of nitrogens with zero attached hydrogens (tertiary/aromatic N) is 2. The summed E-state index contributed by atoms with van der Waals surface area (Å²) in [6.07, 6.45) is -0.643. The zero-order chi connectivity index (χ0) is 20.6. The summed E-state index contributed by atoms with van der Waals surface area (Å²) in [7, 11) is 1.65. The first-order chi connectivity index (χ1) is 14.1. The third-order valence-electron chi connectivity index (χ3n) is 4.29. The lowest BCUT2D eigenvalue weighted by Crippen LogP contribution is -2.41. The fourth-order valence-electron chi connectivity index (χ4n) is 2.84. The quantitative estimate of drug-likeness (QED) is 0.148. The van der Waals surface area contributed by atoms with Crippen molar-refractivity contribution >= 4 is 38.8 Å². The van der Waals surface area contributed by atoms with Crippen molar-refractivity contribution in [3.05, 3.63) is 69.6 Å². The van der Waals surface area contributed by atoms with Crippen LogP contribution in [0.1, 0.15) is 11.0 Å². The van der Waals surface area contributed by atoms with Crippen molar-refractivity contribution in [2.75, 3.05) is 32.0 Å². The molecule has 29 heavy (non-hydrogen) atoms. The monoisotopic (exact) mass is 413 g/mol. The average molecular weight is 414 g/mol. The Hall–Kier alpha value is -3.17. The molecule has 4 N–H and O–H groups in total. The predicted molar refractivity (Wildman–Crippen MR) is 118 cm³/mol. The molecular weight excluding hydrogens is 390 g/mol. The molecule has 1 atom stereocenters. The van der Waals surface area contributed by atoms with Gasteiger partial charge in [-0.1, -0.05) is 30.3 Å². The molecule has 0 aliphatic rings. The number of nitro benzene ring substituents is 1. The number of nitrogens with one attached hydrogen (secondary N) is 3. The molecule has 0 amide bonds. The van der Waals surface area contributed by atoms with Crippen molar-refractivity contribution in [3.8, 4) is 0 Å². The Balaban J connectivity index is 1.45. The van der Waals surface area contributed by atoms with Gasteiger partial charge in [-0.15, -0.1) is 11.3 Å². The van der Waals surface area contributed by atoms with Gasteiger partial charge >= 0.3 is 0 Å². The van der Waals surface area contributed by atoms with E-state index in [1.54, 1.807) is 36.6 Å². The second-order valence-electron chi connectivity index (χ2n) is 6.28. The molecule has 1 unspecified atom stereocenters. The standard InChI is InChI=1S/C20H23N5O3S/c1-21-20(23-11-10-22-15-7-3-4-8-16(15)25(27)28)24-13-17(26)19-12-14-6-2-5-9-18(14)29-19/h2-9,12,17,22,26H,10-11,13H2,1H3,(H2,21,23,24). The van der Waals surface area contributed by atoms with E-state index in [0.29, 0.717) is 31.3 Å². The number of aliphatic hydroxyl groups is 1. The van der Waals surface area contributed by atoms with Crippen LogP contribution in [0.3, 0.4) is 0 Å². The van der Waals surface area contributed by atoms with Crippen LogP contribution >= 0.6 is 11.3 Å². The molecule has 0 saturated heterocycles. The molecule has 1 heterocycles. The number of hydrogen-bond donors (Lipinski definition) is 4. The zero-order valence-corrected chi connectivity index (χ0v) is 16.8. The third-order valence-corrected chi connectivity index (χ3v) is 5.51. The number of nitro groups is 1. The molecule has 0 spiro atoms. The molecule has 0 fully saturated rings. The summed E-state index contributed by atoms with van der Waals surface area (Å²) in [6, 6.07) is 16.5. The van der Waals surface area contributed by atoms with Gasteiger partial charge in [0.15, 0.2) is 5.96 Å². The van der Waals surface area contributed by atoms with E-state index < -0.39 is 11.0 Å². The van der Waals surface area contributed by atoms with Crippen LogP contribution in [0.5, 0.6) is 0 Å². The highest BCUT2D eigenvalue weighted by Crippen LogP contribution is 2.29. The maximum absolute atomic E-state index is 11.0. The smallest absolute Gasteiger partial charge is 0.292 e. The van der Waals surface area contributed by atoms with Crippen LogP contribution in [-0.2, 0) is 0 Å². The number of thiophene rings is 1. The van der Waals surface area contributed by atoms with E-state index >= 15 is 0 Å². The van der Waals surface area contributed by atoms with Crippen molar-refractivity contribution in [2.24, 2.45) is 4.99 Å². The van der Waals surface area contributed by atoms with Crippen molar-refractivity contribution < 1.29 is 10.0 Å². The number of benzene rings is 2. The van der Waals surface area contributed by atoms with Crippen LogP contribution in [0.2, 0.25) is 0 Å². The number of guanidine groups is 1. The Morgan fingerprint density at radius 1 is 1.17 bits per heavy atom. The Bertz CT molecular complexity index is 971. The van der Waals surface area contributed by atoms with Crippen molar-refractivity contribution in [3.63, 3.8) is 0 Å². The number of anilines is 1. The minimum atomic E-state index is -0.643. The van der Waals surface area contributed by atoms with Crippen molar-refractivity contribution in [1.29, 1.82) is 0 Å². The Kier molecular flexibility index (Phi) is 6.99. The Labute approximate surface area is 172 Å². The maximum atomic E-state index is 11.0. The van der Waals surface area contributed by atoms with Gasteiger partial charge in [-0.3, -0.25) is 15.1 Å². The maximum Gasteiger partial charge on any atom is 0.292 e. The lowest BCUT2D eigenvalue weighted by atomic mass is 10.2. The number of fused-ring (bicyclic) bond motifs is 1. The summed E-state index contributed by atoms with van der Waals surface area (Å²) in [5.41, 5.74) is 0.517. The first-order valence-corrected chi connectivity index (χ1v) is 9.98. The average Bonchev–Trinajstić information content (AvgIpc) is 3.17. The molecule has 0 radical (unpaired) electrons. The van der Waals surface area contributed by atoms with E-state index in [1.807, 2.05) is 30.3 Å². The molecule has 9 heteroatoms. The predicted octanol–water partition coefficient (Wildman–Crippen LogP) is 3.12. The van der Waals surface area contributed by atoms with E-state index in [9.17, 15) is 15.2 Å². The number of rotatable bonds is 8. The largest absolute Gasteiger partial charge is 0.386 e. The normalized spacial score (nSPS) is 12.6. The molecular formula is C20H23N5O3S. The molecule has 2 aromatic carbocycles. The number of hydrogen-bond acceptors (Lipinski definition) is 6. The minimum Gasteiger partial charge on any atom is -0.386 e. The van der Waals surface area contributed by atoms with Crippen molar-refractivity contribution in [1.82, 2.24) is 10.6 Å². The van der Waals surface area contributed by atoms with E-state index in [-0.39, 0.29) is 5.69 Å². The summed E-state index contributed by atoms with van der Waals surface area (Å²) >= 11 is 1.57. The highest BCUT2D eigenvalue weighted by molar-refractivity contribution is 7.19. The van der Waals surface area contributed by atoms with Gasteiger partial charge in [0, 0.05) is 42.3 Å². The van der Waals surface area contributed by atoms with Gasteiger partial charge in [0.2, 0.25) is 0 Å². The Morgan fingerprint density at radius 3 is 2.69 bits per heavy atom. The second kappa shape index (κ2) is 9.85. The third kappa shape index (κ3) is 5.43. The molecule has 3 aromatic rings.